The molecule has 1 heterocycles. The number of aromatic nitrogens is 3. The number of aryl methyl sites for hydroxylation is 3. The minimum atomic E-state index is 0.105. The Morgan fingerprint density at radius 1 is 1.17 bits per heavy atom. The second-order valence-electron chi connectivity index (χ2n) is 4.68. The molecule has 4 nitrogen and oxygen atoms in total. The molecule has 0 fully saturated rings. The first-order chi connectivity index (χ1) is 8.63. The van der Waals surface area contributed by atoms with Crippen molar-refractivity contribution in [1.82, 2.24) is 20.7 Å². The minimum absolute atomic E-state index is 0.105. The summed E-state index contributed by atoms with van der Waals surface area (Å²) in [6.07, 6.45) is 1.78. The van der Waals surface area contributed by atoms with E-state index in [1.54, 1.807) is 6.20 Å². The molecule has 18 heavy (non-hydrogen) atoms. The van der Waals surface area contributed by atoms with Gasteiger partial charge < -0.3 is 5.32 Å². The quantitative estimate of drug-likeness (QED) is 0.868. The zero-order valence-electron chi connectivity index (χ0n) is 11.4. The zero-order valence-corrected chi connectivity index (χ0v) is 11.4. The molecule has 2 rings (SSSR count). The Hall–Kier alpha value is -1.68. The van der Waals surface area contributed by atoms with Crippen LogP contribution in [0.25, 0.3) is 0 Å². The van der Waals surface area contributed by atoms with Crippen LogP contribution in [0.15, 0.2) is 18.3 Å². The van der Waals surface area contributed by atoms with Gasteiger partial charge in [-0.15, -0.1) is 0 Å². The Labute approximate surface area is 108 Å². The lowest BCUT2D eigenvalue weighted by Crippen LogP contribution is -2.23. The maximum Gasteiger partial charge on any atom is 0.104 e. The predicted molar refractivity (Wildman–Crippen MR) is 72.6 cm³/mol. The molecule has 0 aliphatic carbocycles. The van der Waals surface area contributed by atoms with E-state index >= 15 is 0 Å². The summed E-state index contributed by atoms with van der Waals surface area (Å²) in [5.74, 6) is 0. The van der Waals surface area contributed by atoms with Gasteiger partial charge in [0.2, 0.25) is 0 Å². The van der Waals surface area contributed by atoms with Gasteiger partial charge in [-0.3, -0.25) is 0 Å². The molecule has 1 aromatic carbocycles. The highest BCUT2D eigenvalue weighted by molar-refractivity contribution is 5.40. The maximum atomic E-state index is 4.21. The van der Waals surface area contributed by atoms with E-state index in [1.165, 1.54) is 22.3 Å². The fourth-order valence-electron chi connectivity index (χ4n) is 2.22. The number of H-pyrrole nitrogens is 1. The highest BCUT2D eigenvalue weighted by atomic mass is 15.3. The van der Waals surface area contributed by atoms with Gasteiger partial charge in [0.1, 0.15) is 5.69 Å². The van der Waals surface area contributed by atoms with Crippen molar-refractivity contribution in [3.8, 4) is 0 Å². The molecule has 0 saturated heterocycles. The fraction of sp³-hybridized carbons (Fsp3) is 0.429. The molecular formula is C14H20N4. The first-order valence-electron chi connectivity index (χ1n) is 6.30. The van der Waals surface area contributed by atoms with Gasteiger partial charge in [-0.2, -0.15) is 15.4 Å². The topological polar surface area (TPSA) is 53.6 Å². The average molecular weight is 244 g/mol. The van der Waals surface area contributed by atoms with E-state index in [4.69, 9.17) is 0 Å². The molecule has 0 aliphatic heterocycles. The summed E-state index contributed by atoms with van der Waals surface area (Å²) in [4.78, 5) is 0. The van der Waals surface area contributed by atoms with Gasteiger partial charge in [0.05, 0.1) is 12.2 Å². The van der Waals surface area contributed by atoms with E-state index in [0.29, 0.717) is 0 Å². The molecule has 0 radical (unpaired) electrons. The SMILES string of the molecule is CCNC(c1cn[nH]n1)c1cc(C)c(C)cc1C. The van der Waals surface area contributed by atoms with E-state index in [2.05, 4.69) is 60.6 Å². The number of benzene rings is 1. The van der Waals surface area contributed by atoms with Crippen LogP contribution in [0, 0.1) is 20.8 Å². The van der Waals surface area contributed by atoms with Crippen LogP contribution >= 0.6 is 0 Å². The van der Waals surface area contributed by atoms with Crippen LogP contribution < -0.4 is 5.32 Å². The lowest BCUT2D eigenvalue weighted by molar-refractivity contribution is 0.610. The van der Waals surface area contributed by atoms with Gasteiger partial charge in [0.25, 0.3) is 0 Å². The van der Waals surface area contributed by atoms with Crippen LogP contribution in [-0.4, -0.2) is 22.0 Å². The number of aromatic amines is 1. The molecule has 2 aromatic rings. The lowest BCUT2D eigenvalue weighted by atomic mass is 9.94. The number of hydrogen-bond acceptors (Lipinski definition) is 3. The Morgan fingerprint density at radius 3 is 2.50 bits per heavy atom. The van der Waals surface area contributed by atoms with E-state index < -0.39 is 0 Å². The van der Waals surface area contributed by atoms with Crippen molar-refractivity contribution in [3.63, 3.8) is 0 Å². The van der Waals surface area contributed by atoms with E-state index in [9.17, 15) is 0 Å². The Bertz CT molecular complexity index is 517. The number of nitrogens with one attached hydrogen (secondary N) is 2. The van der Waals surface area contributed by atoms with Crippen LogP contribution in [0.4, 0.5) is 0 Å². The van der Waals surface area contributed by atoms with E-state index in [-0.39, 0.29) is 6.04 Å². The summed E-state index contributed by atoms with van der Waals surface area (Å²) in [5.41, 5.74) is 6.12. The third-order valence-electron chi connectivity index (χ3n) is 3.33. The first-order valence-corrected chi connectivity index (χ1v) is 6.30. The average Bonchev–Trinajstić information content (AvgIpc) is 2.85. The summed E-state index contributed by atoms with van der Waals surface area (Å²) in [5, 5.41) is 14.3. The first kappa shape index (κ1) is 12.8. The van der Waals surface area contributed by atoms with Crippen LogP contribution in [0.2, 0.25) is 0 Å². The second kappa shape index (κ2) is 5.31. The highest BCUT2D eigenvalue weighted by Crippen LogP contribution is 2.25. The molecule has 1 atom stereocenters. The van der Waals surface area contributed by atoms with Crippen LogP contribution in [0.3, 0.4) is 0 Å². The van der Waals surface area contributed by atoms with Gasteiger partial charge >= 0.3 is 0 Å². The van der Waals surface area contributed by atoms with Gasteiger partial charge in [0.15, 0.2) is 0 Å². The highest BCUT2D eigenvalue weighted by Gasteiger charge is 2.18. The van der Waals surface area contributed by atoms with Gasteiger partial charge in [-0.05, 0) is 49.6 Å². The Morgan fingerprint density at radius 2 is 1.89 bits per heavy atom. The van der Waals surface area contributed by atoms with E-state index in [1.807, 2.05) is 0 Å². The molecule has 1 aromatic heterocycles. The number of nitrogens with zero attached hydrogens (tertiary/aromatic N) is 2. The second-order valence-corrected chi connectivity index (χ2v) is 4.68. The van der Waals surface area contributed by atoms with Crippen molar-refractivity contribution >= 4 is 0 Å². The van der Waals surface area contributed by atoms with Gasteiger partial charge in [-0.1, -0.05) is 19.1 Å². The molecule has 1 unspecified atom stereocenters. The Kier molecular flexibility index (Phi) is 3.77. The monoisotopic (exact) mass is 244 g/mol. The minimum Gasteiger partial charge on any atom is -0.305 e. The maximum absolute atomic E-state index is 4.21. The van der Waals surface area contributed by atoms with Crippen LogP contribution in [0.5, 0.6) is 0 Å². The number of hydrogen-bond donors (Lipinski definition) is 2. The smallest absolute Gasteiger partial charge is 0.104 e. The fourth-order valence-corrected chi connectivity index (χ4v) is 2.22. The van der Waals surface area contributed by atoms with Crippen molar-refractivity contribution in [2.24, 2.45) is 0 Å². The van der Waals surface area contributed by atoms with Crippen molar-refractivity contribution in [2.75, 3.05) is 6.54 Å². The zero-order chi connectivity index (χ0) is 13.1. The number of rotatable bonds is 4. The lowest BCUT2D eigenvalue weighted by Gasteiger charge is -2.19. The van der Waals surface area contributed by atoms with Crippen molar-refractivity contribution in [3.05, 3.63) is 46.3 Å². The molecule has 0 aliphatic rings. The normalized spacial score (nSPS) is 12.7. The summed E-state index contributed by atoms with van der Waals surface area (Å²) in [6, 6.07) is 4.58. The molecule has 4 heteroatoms. The van der Waals surface area contributed by atoms with Crippen molar-refractivity contribution < 1.29 is 0 Å². The van der Waals surface area contributed by atoms with Gasteiger partial charge in [0, 0.05) is 0 Å². The van der Waals surface area contributed by atoms with E-state index in [0.717, 1.165) is 12.2 Å². The standard InChI is InChI=1S/C14H20N4/c1-5-15-14(13-8-16-18-17-13)12-7-10(3)9(2)6-11(12)4/h6-8,14-15H,5H2,1-4H3,(H,16,17,18). The summed E-state index contributed by atoms with van der Waals surface area (Å²) in [6.45, 7) is 9.42. The van der Waals surface area contributed by atoms with Crippen LogP contribution in [-0.2, 0) is 0 Å². The van der Waals surface area contributed by atoms with Crippen molar-refractivity contribution in [1.29, 1.82) is 0 Å². The molecule has 0 amide bonds. The molecular weight excluding hydrogens is 224 g/mol. The van der Waals surface area contributed by atoms with Gasteiger partial charge in [-0.25, -0.2) is 0 Å². The summed E-state index contributed by atoms with van der Waals surface area (Å²) >= 11 is 0. The predicted octanol–water partition coefficient (Wildman–Crippen LogP) is 2.43. The third kappa shape index (κ3) is 2.43. The summed E-state index contributed by atoms with van der Waals surface area (Å²) < 4.78 is 0. The third-order valence-corrected chi connectivity index (χ3v) is 3.33. The molecule has 96 valence electrons. The molecule has 0 spiro atoms. The molecule has 2 N–H and O–H groups in total. The van der Waals surface area contributed by atoms with Crippen LogP contribution in [0.1, 0.15) is 40.9 Å². The molecule has 0 bridgehead atoms. The summed E-state index contributed by atoms with van der Waals surface area (Å²) in [7, 11) is 0. The Balaban J connectivity index is 2.46. The largest absolute Gasteiger partial charge is 0.305 e. The molecule has 0 saturated carbocycles. The van der Waals surface area contributed by atoms with Crippen molar-refractivity contribution in [2.45, 2.75) is 33.7 Å².